The number of ketones is 1. The summed E-state index contributed by atoms with van der Waals surface area (Å²) in [5.41, 5.74) is 2.59. The van der Waals surface area contributed by atoms with Crippen LogP contribution >= 0.6 is 11.6 Å². The molecule has 0 radical (unpaired) electrons. The lowest BCUT2D eigenvalue weighted by Crippen LogP contribution is -2.32. The standard InChI is InChI=1S/C25H28ClNO5/c1-14-6-8-16(25(2,3)4)13-17(14)22(29)20-21(15-7-9-19(28)18(26)12-15)27(10-11-32-5)24(31)23(20)30/h6-9,12-13,21,28-29H,10-11H2,1-5H3/b22-20+. The lowest BCUT2D eigenvalue weighted by atomic mass is 9.84. The summed E-state index contributed by atoms with van der Waals surface area (Å²) in [6.07, 6.45) is 0. The Labute approximate surface area is 193 Å². The first kappa shape index (κ1) is 23.8. The maximum atomic E-state index is 13.1. The molecule has 0 aliphatic carbocycles. The van der Waals surface area contributed by atoms with Crippen molar-refractivity contribution in [3.63, 3.8) is 0 Å². The third-order valence-corrected chi connectivity index (χ3v) is 6.03. The molecule has 2 aromatic carbocycles. The van der Waals surface area contributed by atoms with E-state index in [4.69, 9.17) is 16.3 Å². The molecule has 0 spiro atoms. The molecule has 1 saturated heterocycles. The summed E-state index contributed by atoms with van der Waals surface area (Å²) in [6.45, 7) is 8.39. The number of likely N-dealkylation sites (tertiary alicyclic amines) is 1. The first-order valence-electron chi connectivity index (χ1n) is 10.3. The number of amides is 1. The quantitative estimate of drug-likeness (QED) is 0.385. The number of aliphatic hydroxyl groups excluding tert-OH is 1. The second-order valence-electron chi connectivity index (χ2n) is 8.98. The van der Waals surface area contributed by atoms with Crippen LogP contribution in [-0.2, 0) is 19.7 Å². The van der Waals surface area contributed by atoms with E-state index in [1.165, 1.54) is 24.1 Å². The van der Waals surface area contributed by atoms with Gasteiger partial charge in [0.15, 0.2) is 0 Å². The van der Waals surface area contributed by atoms with Gasteiger partial charge in [0, 0.05) is 19.2 Å². The van der Waals surface area contributed by atoms with E-state index in [1.807, 2.05) is 25.1 Å². The summed E-state index contributed by atoms with van der Waals surface area (Å²) in [4.78, 5) is 27.4. The topological polar surface area (TPSA) is 87.1 Å². The van der Waals surface area contributed by atoms with E-state index in [1.54, 1.807) is 6.07 Å². The van der Waals surface area contributed by atoms with Gasteiger partial charge in [-0.25, -0.2) is 0 Å². The molecule has 6 nitrogen and oxygen atoms in total. The number of rotatable bonds is 5. The van der Waals surface area contributed by atoms with Crippen LogP contribution in [0.25, 0.3) is 5.76 Å². The molecule has 0 saturated carbocycles. The fourth-order valence-electron chi connectivity index (χ4n) is 3.83. The van der Waals surface area contributed by atoms with Crippen molar-refractivity contribution in [1.82, 2.24) is 4.90 Å². The van der Waals surface area contributed by atoms with Crippen molar-refractivity contribution in [2.75, 3.05) is 20.3 Å². The first-order valence-corrected chi connectivity index (χ1v) is 10.7. The normalized spacial score (nSPS) is 18.4. The second-order valence-corrected chi connectivity index (χ2v) is 9.38. The van der Waals surface area contributed by atoms with Crippen molar-refractivity contribution in [1.29, 1.82) is 0 Å². The molecular formula is C25H28ClNO5. The summed E-state index contributed by atoms with van der Waals surface area (Å²) < 4.78 is 5.12. The number of hydrogen-bond donors (Lipinski definition) is 2. The summed E-state index contributed by atoms with van der Waals surface area (Å²) >= 11 is 6.12. The van der Waals surface area contributed by atoms with Crippen molar-refractivity contribution < 1.29 is 24.5 Å². The summed E-state index contributed by atoms with van der Waals surface area (Å²) in [6, 6.07) is 9.36. The van der Waals surface area contributed by atoms with Gasteiger partial charge in [-0.2, -0.15) is 0 Å². The lowest BCUT2D eigenvalue weighted by molar-refractivity contribution is -0.140. The fraction of sp³-hybridized carbons (Fsp3) is 0.360. The van der Waals surface area contributed by atoms with E-state index in [0.717, 1.165) is 11.1 Å². The van der Waals surface area contributed by atoms with Gasteiger partial charge in [0.2, 0.25) is 0 Å². The molecular weight excluding hydrogens is 430 g/mol. The molecule has 1 fully saturated rings. The molecule has 0 bridgehead atoms. The van der Waals surface area contributed by atoms with Gasteiger partial charge in [-0.3, -0.25) is 9.59 Å². The maximum Gasteiger partial charge on any atom is 0.295 e. The van der Waals surface area contributed by atoms with Gasteiger partial charge in [-0.05, 0) is 47.2 Å². The number of aryl methyl sites for hydroxylation is 1. The number of carbonyl (C=O) groups excluding carboxylic acids is 2. The second kappa shape index (κ2) is 8.96. The predicted molar refractivity (Wildman–Crippen MR) is 124 cm³/mol. The Kier molecular flexibility index (Phi) is 6.67. The van der Waals surface area contributed by atoms with E-state index < -0.39 is 17.7 Å². The van der Waals surface area contributed by atoms with Crippen LogP contribution in [0.5, 0.6) is 5.75 Å². The van der Waals surface area contributed by atoms with Crippen LogP contribution in [0.3, 0.4) is 0 Å². The maximum absolute atomic E-state index is 13.1. The molecule has 1 aliphatic heterocycles. The molecule has 32 heavy (non-hydrogen) atoms. The molecule has 7 heteroatoms. The smallest absolute Gasteiger partial charge is 0.295 e. The van der Waals surface area contributed by atoms with E-state index in [0.29, 0.717) is 11.1 Å². The Morgan fingerprint density at radius 1 is 1.16 bits per heavy atom. The number of phenols is 1. The number of benzene rings is 2. The van der Waals surface area contributed by atoms with Crippen LogP contribution in [0.1, 0.15) is 49.1 Å². The zero-order valence-electron chi connectivity index (χ0n) is 18.9. The van der Waals surface area contributed by atoms with Gasteiger partial charge in [-0.15, -0.1) is 0 Å². The molecule has 170 valence electrons. The zero-order valence-corrected chi connectivity index (χ0v) is 19.7. The monoisotopic (exact) mass is 457 g/mol. The first-order chi connectivity index (χ1) is 15.0. The number of Topliss-reactive ketones (excluding diaryl/α,β-unsaturated/α-hetero) is 1. The molecule has 1 amide bonds. The van der Waals surface area contributed by atoms with Crippen LogP contribution < -0.4 is 0 Å². The Bertz CT molecular complexity index is 1100. The van der Waals surface area contributed by atoms with Gasteiger partial charge in [0.25, 0.3) is 11.7 Å². The number of carbonyl (C=O) groups is 2. The van der Waals surface area contributed by atoms with Gasteiger partial charge in [0.05, 0.1) is 23.2 Å². The highest BCUT2D eigenvalue weighted by Crippen LogP contribution is 2.41. The molecule has 2 N–H and O–H groups in total. The molecule has 1 aliphatic rings. The van der Waals surface area contributed by atoms with Gasteiger partial charge >= 0.3 is 0 Å². The number of halogens is 1. The number of hydrogen-bond acceptors (Lipinski definition) is 5. The lowest BCUT2D eigenvalue weighted by Gasteiger charge is -2.26. The van der Waals surface area contributed by atoms with Gasteiger partial charge in [-0.1, -0.05) is 50.6 Å². The van der Waals surface area contributed by atoms with E-state index in [-0.39, 0.29) is 40.7 Å². The third-order valence-electron chi connectivity index (χ3n) is 5.72. The minimum atomic E-state index is -0.860. The number of aliphatic hydroxyl groups is 1. The number of nitrogens with zero attached hydrogens (tertiary/aromatic N) is 1. The molecule has 3 rings (SSSR count). The highest BCUT2D eigenvalue weighted by molar-refractivity contribution is 6.46. The summed E-state index contributed by atoms with van der Waals surface area (Å²) in [5.74, 6) is -1.84. The van der Waals surface area contributed by atoms with E-state index in [9.17, 15) is 19.8 Å². The van der Waals surface area contributed by atoms with Gasteiger partial charge in [0.1, 0.15) is 11.5 Å². The Balaban J connectivity index is 2.25. The Morgan fingerprint density at radius 2 is 1.84 bits per heavy atom. The van der Waals surface area contributed by atoms with Crippen LogP contribution in [0.2, 0.25) is 5.02 Å². The Morgan fingerprint density at radius 3 is 2.44 bits per heavy atom. The highest BCUT2D eigenvalue weighted by Gasteiger charge is 2.46. The number of methoxy groups -OCH3 is 1. The average molecular weight is 458 g/mol. The van der Waals surface area contributed by atoms with Crippen molar-refractivity contribution in [3.05, 3.63) is 69.2 Å². The average Bonchev–Trinajstić information content (AvgIpc) is 2.98. The van der Waals surface area contributed by atoms with E-state index in [2.05, 4.69) is 20.8 Å². The van der Waals surface area contributed by atoms with Crippen molar-refractivity contribution in [2.45, 2.75) is 39.2 Å². The predicted octanol–water partition coefficient (Wildman–Crippen LogP) is 4.72. The van der Waals surface area contributed by atoms with Crippen molar-refractivity contribution in [3.8, 4) is 5.75 Å². The Hall–Kier alpha value is -2.83. The van der Waals surface area contributed by atoms with Gasteiger partial charge < -0.3 is 19.8 Å². The molecule has 1 atom stereocenters. The summed E-state index contributed by atoms with van der Waals surface area (Å²) in [5, 5.41) is 21.3. The van der Waals surface area contributed by atoms with Crippen LogP contribution in [0.4, 0.5) is 0 Å². The number of aromatic hydroxyl groups is 1. The minimum absolute atomic E-state index is 0.0120. The number of phenolic OH excluding ortho intramolecular Hbond substituents is 1. The molecule has 1 heterocycles. The highest BCUT2D eigenvalue weighted by atomic mass is 35.5. The number of ether oxygens (including phenoxy) is 1. The van der Waals surface area contributed by atoms with Crippen LogP contribution in [0, 0.1) is 6.92 Å². The van der Waals surface area contributed by atoms with Crippen molar-refractivity contribution in [2.24, 2.45) is 0 Å². The SMILES string of the molecule is COCCN1C(=O)C(=O)/C(=C(/O)c2cc(C(C)(C)C)ccc2C)C1c1ccc(O)c(Cl)c1. The zero-order chi connectivity index (χ0) is 23.8. The van der Waals surface area contributed by atoms with E-state index >= 15 is 0 Å². The summed E-state index contributed by atoms with van der Waals surface area (Å²) in [7, 11) is 1.50. The molecule has 1 unspecified atom stereocenters. The van der Waals surface area contributed by atoms with Crippen LogP contribution in [0.15, 0.2) is 42.0 Å². The molecule has 0 aromatic heterocycles. The van der Waals surface area contributed by atoms with Crippen LogP contribution in [-0.4, -0.2) is 47.1 Å². The largest absolute Gasteiger partial charge is 0.507 e. The minimum Gasteiger partial charge on any atom is -0.507 e. The third kappa shape index (κ3) is 4.38. The molecule has 2 aromatic rings. The fourth-order valence-corrected chi connectivity index (χ4v) is 4.02. The van der Waals surface area contributed by atoms with Crippen molar-refractivity contribution >= 4 is 29.1 Å².